The number of hydrogen-bond acceptors (Lipinski definition) is 5. The Bertz CT molecular complexity index is 424. The minimum atomic E-state index is -1.40. The van der Waals surface area contributed by atoms with E-state index in [1.165, 1.54) is 38.3 Å². The van der Waals surface area contributed by atoms with Crippen molar-refractivity contribution in [2.45, 2.75) is 18.9 Å². The predicted molar refractivity (Wildman–Crippen MR) is 59.3 cm³/mol. The topological polar surface area (TPSA) is 89.7 Å². The molecule has 0 radical (unpaired) electrons. The maximum Gasteiger partial charge on any atom is 0.308 e. The van der Waals surface area contributed by atoms with Gasteiger partial charge in [-0.3, -0.25) is 14.9 Å². The fourth-order valence-corrected chi connectivity index (χ4v) is 1.40. The summed E-state index contributed by atoms with van der Waals surface area (Å²) in [6.45, 7) is 1.45. The number of esters is 1. The molecule has 0 saturated carbocycles. The number of nitro benzene ring substituents is 1. The Balaban J connectivity index is 2.91. The van der Waals surface area contributed by atoms with E-state index in [0.717, 1.165) is 0 Å². The van der Waals surface area contributed by atoms with Gasteiger partial charge >= 0.3 is 5.97 Å². The number of benzene rings is 1. The van der Waals surface area contributed by atoms with E-state index in [4.69, 9.17) is 0 Å². The third-order valence-corrected chi connectivity index (χ3v) is 2.42. The van der Waals surface area contributed by atoms with Crippen molar-refractivity contribution in [3.8, 4) is 0 Å². The number of non-ortho nitro benzene ring substituents is 1. The molecule has 1 aromatic rings. The molecule has 0 bridgehead atoms. The highest BCUT2D eigenvalue weighted by Crippen LogP contribution is 2.26. The zero-order valence-corrected chi connectivity index (χ0v) is 9.54. The summed E-state index contributed by atoms with van der Waals surface area (Å²) >= 11 is 0. The highest BCUT2D eigenvalue weighted by Gasteiger charge is 2.27. The summed E-state index contributed by atoms with van der Waals surface area (Å²) in [6.07, 6.45) is -0.207. The van der Waals surface area contributed by atoms with Crippen LogP contribution in [0.1, 0.15) is 18.9 Å². The second-order valence-corrected chi connectivity index (χ2v) is 3.83. The third-order valence-electron chi connectivity index (χ3n) is 2.42. The maximum absolute atomic E-state index is 11.1. The van der Waals surface area contributed by atoms with Gasteiger partial charge < -0.3 is 9.84 Å². The monoisotopic (exact) mass is 239 g/mol. The van der Waals surface area contributed by atoms with E-state index in [9.17, 15) is 20.0 Å². The average molecular weight is 239 g/mol. The molecule has 1 rings (SSSR count). The van der Waals surface area contributed by atoms with Crippen molar-refractivity contribution in [1.82, 2.24) is 0 Å². The quantitative estimate of drug-likeness (QED) is 0.486. The zero-order chi connectivity index (χ0) is 13.1. The van der Waals surface area contributed by atoms with Crippen molar-refractivity contribution >= 4 is 11.7 Å². The maximum atomic E-state index is 11.1. The summed E-state index contributed by atoms with van der Waals surface area (Å²) in [4.78, 5) is 21.0. The number of methoxy groups -OCH3 is 1. The summed E-state index contributed by atoms with van der Waals surface area (Å²) in [7, 11) is 1.23. The van der Waals surface area contributed by atoms with Gasteiger partial charge in [-0.2, -0.15) is 0 Å². The van der Waals surface area contributed by atoms with Crippen LogP contribution >= 0.6 is 0 Å². The Morgan fingerprint density at radius 3 is 2.41 bits per heavy atom. The van der Waals surface area contributed by atoms with E-state index < -0.39 is 16.5 Å². The molecule has 6 nitrogen and oxygen atoms in total. The SMILES string of the molecule is COC(=O)CC(C)(O)c1ccc([N+](=O)[O-])cc1. The van der Waals surface area contributed by atoms with Gasteiger partial charge in [0.25, 0.3) is 5.69 Å². The van der Waals surface area contributed by atoms with Gasteiger partial charge in [-0.15, -0.1) is 0 Å². The lowest BCUT2D eigenvalue weighted by Gasteiger charge is -2.22. The van der Waals surface area contributed by atoms with E-state index in [2.05, 4.69) is 4.74 Å². The first-order chi connectivity index (χ1) is 7.86. The Morgan fingerprint density at radius 2 is 2.00 bits per heavy atom. The molecular weight excluding hydrogens is 226 g/mol. The molecule has 0 fully saturated rings. The Kier molecular flexibility index (Phi) is 3.80. The largest absolute Gasteiger partial charge is 0.469 e. The molecule has 0 heterocycles. The number of aliphatic hydroxyl groups is 1. The van der Waals surface area contributed by atoms with Crippen LogP contribution in [0.15, 0.2) is 24.3 Å². The molecule has 0 amide bonds. The van der Waals surface area contributed by atoms with Crippen molar-refractivity contribution < 1.29 is 19.6 Å². The Hall–Kier alpha value is -1.95. The minimum absolute atomic E-state index is 0.0670. The lowest BCUT2D eigenvalue weighted by atomic mass is 9.92. The van der Waals surface area contributed by atoms with E-state index >= 15 is 0 Å². The summed E-state index contributed by atoms with van der Waals surface area (Å²) in [5.41, 5.74) is -1.04. The molecule has 0 aliphatic carbocycles. The molecule has 17 heavy (non-hydrogen) atoms. The van der Waals surface area contributed by atoms with Gasteiger partial charge in [-0.1, -0.05) is 0 Å². The molecule has 1 atom stereocenters. The van der Waals surface area contributed by atoms with Crippen LogP contribution in [0.4, 0.5) is 5.69 Å². The van der Waals surface area contributed by atoms with Gasteiger partial charge in [0.2, 0.25) is 0 Å². The second kappa shape index (κ2) is 4.92. The van der Waals surface area contributed by atoms with E-state index in [1.54, 1.807) is 0 Å². The van der Waals surface area contributed by atoms with Crippen molar-refractivity contribution in [3.63, 3.8) is 0 Å². The lowest BCUT2D eigenvalue weighted by molar-refractivity contribution is -0.384. The first-order valence-electron chi connectivity index (χ1n) is 4.91. The fraction of sp³-hybridized carbons (Fsp3) is 0.364. The summed E-state index contributed by atoms with van der Waals surface area (Å²) in [5.74, 6) is -0.548. The molecule has 0 aliphatic heterocycles. The minimum Gasteiger partial charge on any atom is -0.469 e. The number of nitro groups is 1. The van der Waals surface area contributed by atoms with Crippen LogP contribution in [0.3, 0.4) is 0 Å². The number of nitrogens with zero attached hydrogens (tertiary/aromatic N) is 1. The lowest BCUT2D eigenvalue weighted by Crippen LogP contribution is -2.25. The van der Waals surface area contributed by atoms with Gasteiger partial charge in [0.15, 0.2) is 0 Å². The summed E-state index contributed by atoms with van der Waals surface area (Å²) < 4.78 is 4.46. The number of hydrogen-bond donors (Lipinski definition) is 1. The van der Waals surface area contributed by atoms with Gasteiger partial charge in [0.05, 0.1) is 24.1 Å². The second-order valence-electron chi connectivity index (χ2n) is 3.83. The molecule has 0 spiro atoms. The van der Waals surface area contributed by atoms with Gasteiger partial charge in [0.1, 0.15) is 0 Å². The van der Waals surface area contributed by atoms with Crippen molar-refractivity contribution in [3.05, 3.63) is 39.9 Å². The number of carbonyl (C=O) groups excluding carboxylic acids is 1. The first-order valence-corrected chi connectivity index (χ1v) is 4.91. The molecule has 6 heteroatoms. The third kappa shape index (κ3) is 3.25. The predicted octanol–water partition coefficient (Wildman–Crippen LogP) is 1.37. The standard InChI is InChI=1S/C11H13NO5/c1-11(14,7-10(13)17-2)8-3-5-9(6-4-8)12(15)16/h3-6,14H,7H2,1-2H3. The van der Waals surface area contributed by atoms with Gasteiger partial charge in [-0.25, -0.2) is 0 Å². The molecule has 1 aromatic carbocycles. The van der Waals surface area contributed by atoms with Crippen LogP contribution in [0.25, 0.3) is 0 Å². The molecule has 1 N–H and O–H groups in total. The van der Waals surface area contributed by atoms with E-state index in [0.29, 0.717) is 5.56 Å². The highest BCUT2D eigenvalue weighted by atomic mass is 16.6. The van der Waals surface area contributed by atoms with Crippen LogP contribution in [0.5, 0.6) is 0 Å². The van der Waals surface area contributed by atoms with Crippen LogP contribution in [0, 0.1) is 10.1 Å². The van der Waals surface area contributed by atoms with Gasteiger partial charge in [0, 0.05) is 12.1 Å². The van der Waals surface area contributed by atoms with E-state index in [1.807, 2.05) is 0 Å². The van der Waals surface area contributed by atoms with Crippen LogP contribution < -0.4 is 0 Å². The highest BCUT2D eigenvalue weighted by molar-refractivity contribution is 5.70. The number of rotatable bonds is 4. The smallest absolute Gasteiger partial charge is 0.308 e. The van der Waals surface area contributed by atoms with Crippen molar-refractivity contribution in [2.24, 2.45) is 0 Å². The molecule has 1 unspecified atom stereocenters. The van der Waals surface area contributed by atoms with E-state index in [-0.39, 0.29) is 12.1 Å². The summed E-state index contributed by atoms with van der Waals surface area (Å²) in [5, 5.41) is 20.5. The average Bonchev–Trinajstić information content (AvgIpc) is 2.28. The Labute approximate surface area is 98.0 Å². The van der Waals surface area contributed by atoms with Crippen molar-refractivity contribution in [2.75, 3.05) is 7.11 Å². The summed E-state index contributed by atoms with van der Waals surface area (Å²) in [6, 6.07) is 5.39. The number of ether oxygens (including phenoxy) is 1. The molecule has 0 aliphatic rings. The van der Waals surface area contributed by atoms with Crippen molar-refractivity contribution in [1.29, 1.82) is 0 Å². The van der Waals surface area contributed by atoms with Crippen LogP contribution in [0.2, 0.25) is 0 Å². The fourth-order valence-electron chi connectivity index (χ4n) is 1.40. The van der Waals surface area contributed by atoms with Crippen LogP contribution in [-0.4, -0.2) is 23.1 Å². The number of carbonyl (C=O) groups is 1. The van der Waals surface area contributed by atoms with Crippen LogP contribution in [-0.2, 0) is 15.1 Å². The molecule has 0 aromatic heterocycles. The molecule has 0 saturated heterocycles. The molecular formula is C11H13NO5. The first kappa shape index (κ1) is 13.1. The van der Waals surface area contributed by atoms with Gasteiger partial charge in [-0.05, 0) is 24.6 Å². The zero-order valence-electron chi connectivity index (χ0n) is 9.54. The molecule has 92 valence electrons. The Morgan fingerprint density at radius 1 is 1.47 bits per heavy atom. The normalized spacial score (nSPS) is 13.8.